The average molecular weight is 303 g/mol. The fourth-order valence-corrected chi connectivity index (χ4v) is 3.03. The van der Waals surface area contributed by atoms with Gasteiger partial charge in [0.15, 0.2) is 0 Å². The number of nitro groups is 1. The summed E-state index contributed by atoms with van der Waals surface area (Å²) in [6.45, 7) is 0. The van der Waals surface area contributed by atoms with Crippen LogP contribution in [0.5, 0.6) is 5.75 Å². The largest absolute Gasteiger partial charge is 0.496 e. The Morgan fingerprint density at radius 1 is 1.38 bits per heavy atom. The van der Waals surface area contributed by atoms with E-state index in [-0.39, 0.29) is 11.2 Å². The van der Waals surface area contributed by atoms with Gasteiger partial charge in [-0.25, -0.2) is 4.98 Å². The van der Waals surface area contributed by atoms with Gasteiger partial charge in [-0.05, 0) is 12.1 Å². The molecule has 3 rings (SSSR count). The van der Waals surface area contributed by atoms with Gasteiger partial charge in [-0.15, -0.1) is 11.3 Å². The molecule has 1 aromatic carbocycles. The van der Waals surface area contributed by atoms with Gasteiger partial charge in [-0.3, -0.25) is 14.9 Å². The number of methoxy groups -OCH3 is 1. The van der Waals surface area contributed by atoms with Gasteiger partial charge in [0.2, 0.25) is 0 Å². The molecule has 0 amide bonds. The first-order chi connectivity index (χ1) is 10.1. The van der Waals surface area contributed by atoms with Crippen LogP contribution in [-0.4, -0.2) is 22.0 Å². The average Bonchev–Trinajstić information content (AvgIpc) is 2.91. The maximum atomic E-state index is 11.7. The highest BCUT2D eigenvalue weighted by molar-refractivity contribution is 7.22. The summed E-state index contributed by atoms with van der Waals surface area (Å²) in [4.78, 5) is 29.4. The molecule has 0 unspecified atom stereocenters. The van der Waals surface area contributed by atoms with Crippen LogP contribution in [-0.2, 0) is 0 Å². The van der Waals surface area contributed by atoms with E-state index >= 15 is 0 Å². The van der Waals surface area contributed by atoms with Crippen molar-refractivity contribution in [1.29, 1.82) is 0 Å². The van der Waals surface area contributed by atoms with Crippen LogP contribution in [0.2, 0.25) is 0 Å². The summed E-state index contributed by atoms with van der Waals surface area (Å²) in [5, 5.41) is 10.8. The number of aromatic nitrogens is 2. The van der Waals surface area contributed by atoms with Gasteiger partial charge in [0.05, 0.1) is 29.9 Å². The highest BCUT2D eigenvalue weighted by atomic mass is 32.1. The van der Waals surface area contributed by atoms with Crippen LogP contribution in [0.25, 0.3) is 20.7 Å². The van der Waals surface area contributed by atoms with Crippen molar-refractivity contribution in [3.63, 3.8) is 0 Å². The van der Waals surface area contributed by atoms with Crippen molar-refractivity contribution in [2.24, 2.45) is 0 Å². The zero-order chi connectivity index (χ0) is 15.0. The lowest BCUT2D eigenvalue weighted by atomic mass is 10.1. The molecule has 2 aromatic heterocycles. The molecule has 0 radical (unpaired) electrons. The number of fused-ring (bicyclic) bond motifs is 1. The second-order valence-corrected chi connectivity index (χ2v) is 5.25. The first-order valence-corrected chi connectivity index (χ1v) is 6.72. The minimum Gasteiger partial charge on any atom is -0.496 e. The molecule has 3 aromatic rings. The molecule has 0 aliphatic heterocycles. The molecule has 0 saturated carbocycles. The molecular weight excluding hydrogens is 294 g/mol. The number of nitrogens with zero attached hydrogens (tertiary/aromatic N) is 2. The minimum absolute atomic E-state index is 0.0484. The molecular formula is C13H9N3O4S. The summed E-state index contributed by atoms with van der Waals surface area (Å²) in [6, 6.07) is 6.13. The molecule has 0 atom stereocenters. The van der Waals surface area contributed by atoms with E-state index in [9.17, 15) is 14.9 Å². The van der Waals surface area contributed by atoms with Crippen molar-refractivity contribution in [3.8, 4) is 16.2 Å². The van der Waals surface area contributed by atoms with Gasteiger partial charge in [0.25, 0.3) is 11.2 Å². The predicted molar refractivity (Wildman–Crippen MR) is 78.9 cm³/mol. The van der Waals surface area contributed by atoms with E-state index in [1.165, 1.54) is 36.9 Å². The Kier molecular flexibility index (Phi) is 3.15. The van der Waals surface area contributed by atoms with Crippen LogP contribution in [0, 0.1) is 10.1 Å². The number of nitrogens with one attached hydrogen (secondary N) is 1. The topological polar surface area (TPSA) is 98.1 Å². The molecule has 7 nitrogen and oxygen atoms in total. The number of rotatable bonds is 3. The number of ether oxygens (including phenoxy) is 1. The fraction of sp³-hybridized carbons (Fsp3) is 0.0769. The van der Waals surface area contributed by atoms with Crippen LogP contribution >= 0.6 is 11.3 Å². The molecule has 0 aliphatic carbocycles. The van der Waals surface area contributed by atoms with Gasteiger partial charge in [-0.1, -0.05) is 0 Å². The van der Waals surface area contributed by atoms with Gasteiger partial charge in [0.1, 0.15) is 10.4 Å². The molecule has 0 aliphatic rings. The van der Waals surface area contributed by atoms with Gasteiger partial charge >= 0.3 is 0 Å². The van der Waals surface area contributed by atoms with Gasteiger partial charge < -0.3 is 9.72 Å². The van der Waals surface area contributed by atoms with E-state index in [0.717, 1.165) is 4.88 Å². The number of thiophene rings is 1. The molecule has 0 fully saturated rings. The number of nitro benzene ring substituents is 1. The Balaban J connectivity index is 2.20. The van der Waals surface area contributed by atoms with Crippen LogP contribution in [0.15, 0.2) is 35.4 Å². The third-order valence-electron chi connectivity index (χ3n) is 2.98. The standard InChI is InChI=1S/C13H9N3O4S/c1-20-10-4-7(16(18)19)2-3-8(10)11-5-9-12(21-11)13(17)15-6-14-9/h2-6H,1H3,(H,14,15,17). The first kappa shape index (κ1) is 13.3. The molecule has 0 saturated heterocycles. The normalized spacial score (nSPS) is 10.7. The monoisotopic (exact) mass is 303 g/mol. The maximum absolute atomic E-state index is 11.7. The zero-order valence-corrected chi connectivity index (χ0v) is 11.6. The van der Waals surface area contributed by atoms with E-state index in [2.05, 4.69) is 9.97 Å². The van der Waals surface area contributed by atoms with E-state index in [1.807, 2.05) is 0 Å². The quantitative estimate of drug-likeness (QED) is 0.592. The third kappa shape index (κ3) is 2.25. The van der Waals surface area contributed by atoms with Crippen molar-refractivity contribution >= 4 is 27.2 Å². The lowest BCUT2D eigenvalue weighted by molar-refractivity contribution is -0.384. The number of H-pyrrole nitrogens is 1. The second-order valence-electron chi connectivity index (χ2n) is 4.20. The Morgan fingerprint density at radius 3 is 2.86 bits per heavy atom. The van der Waals surface area contributed by atoms with E-state index in [1.54, 1.807) is 12.1 Å². The maximum Gasteiger partial charge on any atom is 0.273 e. The van der Waals surface area contributed by atoms with Crippen molar-refractivity contribution in [2.75, 3.05) is 7.11 Å². The highest BCUT2D eigenvalue weighted by Crippen LogP contribution is 2.38. The number of hydrogen-bond acceptors (Lipinski definition) is 6. The summed E-state index contributed by atoms with van der Waals surface area (Å²) in [5.74, 6) is 0.382. The van der Waals surface area contributed by atoms with Gasteiger partial charge in [0, 0.05) is 16.5 Å². The van der Waals surface area contributed by atoms with Crippen molar-refractivity contribution in [3.05, 3.63) is 51.1 Å². The van der Waals surface area contributed by atoms with Gasteiger partial charge in [-0.2, -0.15) is 0 Å². The highest BCUT2D eigenvalue weighted by Gasteiger charge is 2.15. The molecule has 21 heavy (non-hydrogen) atoms. The second kappa shape index (κ2) is 4.98. The third-order valence-corrected chi connectivity index (χ3v) is 4.14. The molecule has 0 spiro atoms. The molecule has 8 heteroatoms. The van der Waals surface area contributed by atoms with Crippen LogP contribution in [0.3, 0.4) is 0 Å². The Hall–Kier alpha value is -2.74. The Bertz CT molecular complexity index is 900. The number of non-ortho nitro benzene ring substituents is 1. The lowest BCUT2D eigenvalue weighted by Gasteiger charge is -2.05. The summed E-state index contributed by atoms with van der Waals surface area (Å²) in [6.07, 6.45) is 1.34. The van der Waals surface area contributed by atoms with E-state index in [4.69, 9.17) is 4.74 Å². The van der Waals surface area contributed by atoms with Crippen molar-refractivity contribution < 1.29 is 9.66 Å². The summed E-state index contributed by atoms with van der Waals surface area (Å²) in [7, 11) is 1.45. The fourth-order valence-electron chi connectivity index (χ4n) is 2.00. The van der Waals surface area contributed by atoms with Crippen molar-refractivity contribution in [1.82, 2.24) is 9.97 Å². The van der Waals surface area contributed by atoms with Crippen LogP contribution < -0.4 is 10.3 Å². The molecule has 0 bridgehead atoms. The summed E-state index contributed by atoms with van der Waals surface area (Å²) >= 11 is 1.26. The Labute approximate surface area is 122 Å². The first-order valence-electron chi connectivity index (χ1n) is 5.90. The smallest absolute Gasteiger partial charge is 0.273 e. The van der Waals surface area contributed by atoms with Crippen LogP contribution in [0.4, 0.5) is 5.69 Å². The Morgan fingerprint density at radius 2 is 2.19 bits per heavy atom. The summed E-state index contributed by atoms with van der Waals surface area (Å²) in [5.41, 5.74) is 1.01. The minimum atomic E-state index is -0.483. The molecule has 2 heterocycles. The van der Waals surface area contributed by atoms with Crippen LogP contribution in [0.1, 0.15) is 0 Å². The number of hydrogen-bond donors (Lipinski definition) is 1. The van der Waals surface area contributed by atoms with E-state index < -0.39 is 4.92 Å². The lowest BCUT2D eigenvalue weighted by Crippen LogP contribution is -2.02. The van der Waals surface area contributed by atoms with Crippen molar-refractivity contribution in [2.45, 2.75) is 0 Å². The zero-order valence-electron chi connectivity index (χ0n) is 10.8. The molecule has 106 valence electrons. The summed E-state index contributed by atoms with van der Waals surface area (Å²) < 4.78 is 5.72. The molecule has 1 N–H and O–H groups in total. The predicted octanol–water partition coefficient (Wildman–Crippen LogP) is 2.57. The SMILES string of the molecule is COc1cc([N+](=O)[O-])ccc1-c1cc2nc[nH]c(=O)c2s1. The number of aromatic amines is 1. The van der Waals surface area contributed by atoms with E-state index in [0.29, 0.717) is 21.5 Å². The number of benzene rings is 1.